The van der Waals surface area contributed by atoms with Crippen LogP contribution < -0.4 is 5.73 Å². The lowest BCUT2D eigenvalue weighted by molar-refractivity contribution is 1.18. The number of halogens is 1. The summed E-state index contributed by atoms with van der Waals surface area (Å²) in [7, 11) is 0. The SMILES string of the molecule is Nc1ccc(Cl)c(SCc2cn3ccccc3n2)c1. The number of hydrogen-bond donors (Lipinski definition) is 1. The van der Waals surface area contributed by atoms with Gasteiger partial charge in [0.15, 0.2) is 0 Å². The van der Waals surface area contributed by atoms with E-state index in [2.05, 4.69) is 4.98 Å². The monoisotopic (exact) mass is 289 g/mol. The highest BCUT2D eigenvalue weighted by Gasteiger charge is 2.05. The number of hydrogen-bond acceptors (Lipinski definition) is 3. The predicted octanol–water partition coefficient (Wildman–Crippen LogP) is 3.86. The van der Waals surface area contributed by atoms with Crippen LogP contribution in [0.2, 0.25) is 5.02 Å². The number of nitrogens with zero attached hydrogens (tertiary/aromatic N) is 2. The molecular weight excluding hydrogens is 278 g/mol. The molecule has 19 heavy (non-hydrogen) atoms. The Kier molecular flexibility index (Phi) is 3.36. The number of nitrogens with two attached hydrogens (primary N) is 1. The van der Waals surface area contributed by atoms with Crippen LogP contribution in [0.4, 0.5) is 5.69 Å². The summed E-state index contributed by atoms with van der Waals surface area (Å²) in [5, 5.41) is 0.725. The Morgan fingerprint density at radius 2 is 2.16 bits per heavy atom. The lowest BCUT2D eigenvalue weighted by atomic mass is 10.3. The summed E-state index contributed by atoms with van der Waals surface area (Å²) >= 11 is 7.78. The predicted molar refractivity (Wildman–Crippen MR) is 80.6 cm³/mol. The van der Waals surface area contributed by atoms with E-state index in [-0.39, 0.29) is 0 Å². The normalized spacial score (nSPS) is 11.0. The standard InChI is InChI=1S/C14H12ClN3S/c15-12-5-4-10(16)7-13(12)19-9-11-8-18-6-2-1-3-14(18)17-11/h1-8H,9,16H2. The van der Waals surface area contributed by atoms with E-state index in [1.165, 1.54) is 0 Å². The van der Waals surface area contributed by atoms with Gasteiger partial charge in [0.25, 0.3) is 0 Å². The molecule has 0 atom stereocenters. The minimum atomic E-state index is 0.724. The van der Waals surface area contributed by atoms with Crippen LogP contribution in [0.15, 0.2) is 53.7 Å². The highest BCUT2D eigenvalue weighted by Crippen LogP contribution is 2.31. The summed E-state index contributed by atoms with van der Waals surface area (Å²) in [6.07, 6.45) is 4.02. The van der Waals surface area contributed by atoms with E-state index >= 15 is 0 Å². The Balaban J connectivity index is 1.80. The topological polar surface area (TPSA) is 43.3 Å². The van der Waals surface area contributed by atoms with Gasteiger partial charge in [0.2, 0.25) is 0 Å². The number of rotatable bonds is 3. The molecule has 96 valence electrons. The summed E-state index contributed by atoms with van der Waals surface area (Å²) in [6, 6.07) is 11.5. The van der Waals surface area contributed by atoms with E-state index in [1.807, 2.05) is 47.1 Å². The minimum absolute atomic E-state index is 0.724. The van der Waals surface area contributed by atoms with Crippen molar-refractivity contribution in [3.05, 3.63) is 59.5 Å². The van der Waals surface area contributed by atoms with E-state index in [0.29, 0.717) is 0 Å². The molecule has 0 fully saturated rings. The van der Waals surface area contributed by atoms with Crippen molar-refractivity contribution in [2.75, 3.05) is 5.73 Å². The summed E-state index contributed by atoms with van der Waals surface area (Å²) in [5.74, 6) is 0.769. The molecule has 0 saturated heterocycles. The number of fused-ring (bicyclic) bond motifs is 1. The molecule has 0 aliphatic carbocycles. The Hall–Kier alpha value is -1.65. The fourth-order valence-corrected chi connectivity index (χ4v) is 2.99. The number of benzene rings is 1. The van der Waals surface area contributed by atoms with Crippen molar-refractivity contribution in [3.63, 3.8) is 0 Å². The first-order valence-electron chi connectivity index (χ1n) is 5.83. The van der Waals surface area contributed by atoms with Crippen LogP contribution in [-0.2, 0) is 5.75 Å². The number of anilines is 1. The molecule has 3 nitrogen and oxygen atoms in total. The van der Waals surface area contributed by atoms with Gasteiger partial charge in [-0.15, -0.1) is 11.8 Å². The molecule has 2 N–H and O–H groups in total. The van der Waals surface area contributed by atoms with Crippen molar-refractivity contribution < 1.29 is 0 Å². The summed E-state index contributed by atoms with van der Waals surface area (Å²) in [5.41, 5.74) is 8.47. The number of pyridine rings is 1. The molecule has 5 heteroatoms. The third kappa shape index (κ3) is 2.69. The Morgan fingerprint density at radius 3 is 3.00 bits per heavy atom. The van der Waals surface area contributed by atoms with Gasteiger partial charge in [-0.1, -0.05) is 17.7 Å². The lowest BCUT2D eigenvalue weighted by Crippen LogP contribution is -1.86. The van der Waals surface area contributed by atoms with Crippen molar-refractivity contribution in [2.24, 2.45) is 0 Å². The van der Waals surface area contributed by atoms with Gasteiger partial charge in [-0.25, -0.2) is 4.98 Å². The van der Waals surface area contributed by atoms with Gasteiger partial charge in [-0.2, -0.15) is 0 Å². The maximum atomic E-state index is 6.14. The third-order valence-corrected chi connectivity index (χ3v) is 4.28. The van der Waals surface area contributed by atoms with Crippen molar-refractivity contribution in [1.82, 2.24) is 9.38 Å². The minimum Gasteiger partial charge on any atom is -0.399 e. The second-order valence-electron chi connectivity index (χ2n) is 4.18. The van der Waals surface area contributed by atoms with Gasteiger partial charge in [0.05, 0.1) is 10.7 Å². The Labute approximate surface area is 120 Å². The quantitative estimate of drug-likeness (QED) is 0.588. The van der Waals surface area contributed by atoms with Crippen molar-refractivity contribution >= 4 is 34.7 Å². The van der Waals surface area contributed by atoms with Gasteiger partial charge < -0.3 is 10.1 Å². The van der Waals surface area contributed by atoms with Crippen LogP contribution in [-0.4, -0.2) is 9.38 Å². The van der Waals surface area contributed by atoms with Crippen molar-refractivity contribution in [2.45, 2.75) is 10.6 Å². The molecule has 0 unspecified atom stereocenters. The van der Waals surface area contributed by atoms with Gasteiger partial charge in [0.1, 0.15) is 5.65 Å². The molecule has 0 spiro atoms. The summed E-state index contributed by atoms with van der Waals surface area (Å²) < 4.78 is 2.01. The molecular formula is C14H12ClN3S. The second kappa shape index (κ2) is 5.15. The molecule has 0 amide bonds. The number of thioether (sulfide) groups is 1. The van der Waals surface area contributed by atoms with Crippen LogP contribution in [0.1, 0.15) is 5.69 Å². The number of imidazole rings is 1. The lowest BCUT2D eigenvalue weighted by Gasteiger charge is -2.03. The van der Waals surface area contributed by atoms with Gasteiger partial charge in [0, 0.05) is 28.7 Å². The third-order valence-electron chi connectivity index (χ3n) is 2.74. The van der Waals surface area contributed by atoms with E-state index in [9.17, 15) is 0 Å². The first-order valence-corrected chi connectivity index (χ1v) is 7.19. The maximum Gasteiger partial charge on any atom is 0.137 e. The van der Waals surface area contributed by atoms with Gasteiger partial charge in [-0.05, 0) is 30.3 Å². The molecule has 3 aromatic rings. The highest BCUT2D eigenvalue weighted by molar-refractivity contribution is 7.98. The van der Waals surface area contributed by atoms with Gasteiger partial charge >= 0.3 is 0 Å². The maximum absolute atomic E-state index is 6.14. The average Bonchev–Trinajstić information content (AvgIpc) is 2.82. The van der Waals surface area contributed by atoms with Crippen LogP contribution >= 0.6 is 23.4 Å². The fraction of sp³-hybridized carbons (Fsp3) is 0.0714. The molecule has 3 rings (SSSR count). The van der Waals surface area contributed by atoms with E-state index in [0.717, 1.165) is 32.7 Å². The molecule has 0 aliphatic rings. The van der Waals surface area contributed by atoms with Crippen LogP contribution in [0.25, 0.3) is 5.65 Å². The summed E-state index contributed by atoms with van der Waals surface area (Å²) in [4.78, 5) is 5.53. The summed E-state index contributed by atoms with van der Waals surface area (Å²) in [6.45, 7) is 0. The van der Waals surface area contributed by atoms with Crippen LogP contribution in [0.3, 0.4) is 0 Å². The van der Waals surface area contributed by atoms with E-state index in [4.69, 9.17) is 17.3 Å². The first-order chi connectivity index (χ1) is 9.22. The van der Waals surface area contributed by atoms with Crippen molar-refractivity contribution in [1.29, 1.82) is 0 Å². The molecule has 0 aliphatic heterocycles. The largest absolute Gasteiger partial charge is 0.399 e. The Morgan fingerprint density at radius 1 is 1.26 bits per heavy atom. The van der Waals surface area contributed by atoms with Gasteiger partial charge in [-0.3, -0.25) is 0 Å². The molecule has 2 aromatic heterocycles. The first kappa shape index (κ1) is 12.4. The zero-order chi connectivity index (χ0) is 13.2. The van der Waals surface area contributed by atoms with Crippen LogP contribution in [0.5, 0.6) is 0 Å². The molecule has 2 heterocycles. The number of nitrogen functional groups attached to an aromatic ring is 1. The number of aromatic nitrogens is 2. The fourth-order valence-electron chi connectivity index (χ4n) is 1.84. The van der Waals surface area contributed by atoms with E-state index < -0.39 is 0 Å². The molecule has 1 aromatic carbocycles. The molecule has 0 radical (unpaired) electrons. The highest BCUT2D eigenvalue weighted by atomic mass is 35.5. The molecule has 0 bridgehead atoms. The average molecular weight is 290 g/mol. The second-order valence-corrected chi connectivity index (χ2v) is 5.60. The van der Waals surface area contributed by atoms with Crippen molar-refractivity contribution in [3.8, 4) is 0 Å². The van der Waals surface area contributed by atoms with Crippen LogP contribution in [0, 0.1) is 0 Å². The smallest absolute Gasteiger partial charge is 0.137 e. The molecule has 0 saturated carbocycles. The zero-order valence-corrected chi connectivity index (χ0v) is 11.7. The zero-order valence-electron chi connectivity index (χ0n) is 10.1. The Bertz CT molecular complexity index is 691. The van der Waals surface area contributed by atoms with E-state index in [1.54, 1.807) is 17.8 Å².